The molecule has 1 nitrogen and oxygen atoms in total. The average molecular weight is 243 g/mol. The number of hydrogen-bond acceptors (Lipinski definition) is 1. The summed E-state index contributed by atoms with van der Waals surface area (Å²) < 4.78 is 74.3. The molecule has 0 bridgehead atoms. The van der Waals surface area contributed by atoms with Crippen molar-refractivity contribution in [2.24, 2.45) is 5.73 Å². The lowest BCUT2D eigenvalue weighted by atomic mass is 10.0. The standard InChI is InChI=1S/C9H7F6N/c10-4-1-5(11)8(6(12)2-4)7(16)3-9(13,14)15/h1-2,7H,3,16H2/t7-/m0/s1. The molecule has 0 saturated heterocycles. The Morgan fingerprint density at radius 1 is 1.06 bits per heavy atom. The van der Waals surface area contributed by atoms with Crippen molar-refractivity contribution in [3.63, 3.8) is 0 Å². The van der Waals surface area contributed by atoms with Crippen LogP contribution < -0.4 is 5.73 Å². The molecule has 0 aliphatic heterocycles. The third kappa shape index (κ3) is 3.13. The Balaban J connectivity index is 3.04. The van der Waals surface area contributed by atoms with E-state index >= 15 is 0 Å². The van der Waals surface area contributed by atoms with E-state index in [1.807, 2.05) is 0 Å². The Kier molecular flexibility index (Phi) is 3.47. The number of rotatable bonds is 2. The first-order valence-electron chi connectivity index (χ1n) is 4.17. The Bertz CT molecular complexity index is 363. The molecule has 0 spiro atoms. The summed E-state index contributed by atoms with van der Waals surface area (Å²) in [4.78, 5) is 0. The Morgan fingerprint density at radius 2 is 1.50 bits per heavy atom. The first kappa shape index (κ1) is 12.8. The van der Waals surface area contributed by atoms with Crippen molar-refractivity contribution in [2.45, 2.75) is 18.6 Å². The minimum Gasteiger partial charge on any atom is -0.323 e. The highest BCUT2D eigenvalue weighted by Gasteiger charge is 2.33. The third-order valence-corrected chi connectivity index (χ3v) is 1.87. The molecule has 1 aromatic rings. The topological polar surface area (TPSA) is 26.0 Å². The van der Waals surface area contributed by atoms with Crippen LogP contribution in [0.4, 0.5) is 26.3 Å². The molecule has 1 rings (SSSR count). The van der Waals surface area contributed by atoms with E-state index in [2.05, 4.69) is 0 Å². The van der Waals surface area contributed by atoms with E-state index in [1.54, 1.807) is 0 Å². The minimum atomic E-state index is -4.65. The molecule has 0 aromatic heterocycles. The van der Waals surface area contributed by atoms with Crippen molar-refractivity contribution in [3.8, 4) is 0 Å². The first-order valence-corrected chi connectivity index (χ1v) is 4.17. The summed E-state index contributed by atoms with van der Waals surface area (Å²) >= 11 is 0. The maximum absolute atomic E-state index is 13.0. The van der Waals surface area contributed by atoms with E-state index in [1.165, 1.54) is 0 Å². The largest absolute Gasteiger partial charge is 0.390 e. The van der Waals surface area contributed by atoms with Crippen molar-refractivity contribution >= 4 is 0 Å². The van der Waals surface area contributed by atoms with Gasteiger partial charge in [-0.3, -0.25) is 0 Å². The second-order valence-corrected chi connectivity index (χ2v) is 3.21. The zero-order chi connectivity index (χ0) is 12.5. The normalized spacial score (nSPS) is 13.9. The molecule has 0 heterocycles. The Hall–Kier alpha value is -1.24. The van der Waals surface area contributed by atoms with Gasteiger partial charge in [-0.15, -0.1) is 0 Å². The molecule has 16 heavy (non-hydrogen) atoms. The summed E-state index contributed by atoms with van der Waals surface area (Å²) in [5, 5.41) is 0. The molecular weight excluding hydrogens is 236 g/mol. The molecule has 0 radical (unpaired) electrons. The molecule has 1 atom stereocenters. The molecule has 1 aromatic carbocycles. The van der Waals surface area contributed by atoms with Gasteiger partial charge in [0.2, 0.25) is 0 Å². The molecule has 0 unspecified atom stereocenters. The monoisotopic (exact) mass is 243 g/mol. The lowest BCUT2D eigenvalue weighted by Crippen LogP contribution is -2.22. The molecule has 0 saturated carbocycles. The van der Waals surface area contributed by atoms with Crippen LogP contribution in [0.2, 0.25) is 0 Å². The van der Waals surface area contributed by atoms with E-state index in [0.29, 0.717) is 0 Å². The number of alkyl halides is 3. The van der Waals surface area contributed by atoms with Crippen molar-refractivity contribution in [2.75, 3.05) is 0 Å². The predicted molar refractivity (Wildman–Crippen MR) is 43.9 cm³/mol. The second-order valence-electron chi connectivity index (χ2n) is 3.21. The summed E-state index contributed by atoms with van der Waals surface area (Å²) in [7, 11) is 0. The van der Waals surface area contributed by atoms with E-state index in [4.69, 9.17) is 5.73 Å². The van der Waals surface area contributed by atoms with Gasteiger partial charge in [0.1, 0.15) is 17.5 Å². The van der Waals surface area contributed by atoms with Crippen LogP contribution in [0.3, 0.4) is 0 Å². The lowest BCUT2D eigenvalue weighted by molar-refractivity contribution is -0.138. The van der Waals surface area contributed by atoms with Gasteiger partial charge in [0.15, 0.2) is 0 Å². The fourth-order valence-corrected chi connectivity index (χ4v) is 1.26. The number of hydrogen-bond donors (Lipinski definition) is 1. The van der Waals surface area contributed by atoms with Gasteiger partial charge >= 0.3 is 6.18 Å². The molecule has 90 valence electrons. The van der Waals surface area contributed by atoms with Gasteiger partial charge in [-0.1, -0.05) is 0 Å². The van der Waals surface area contributed by atoms with E-state index in [-0.39, 0.29) is 12.1 Å². The summed E-state index contributed by atoms with van der Waals surface area (Å²) in [6.07, 6.45) is -6.22. The zero-order valence-corrected chi connectivity index (χ0v) is 7.78. The third-order valence-electron chi connectivity index (χ3n) is 1.87. The molecule has 0 fully saturated rings. The minimum absolute atomic E-state index is 0.286. The molecule has 0 amide bonds. The summed E-state index contributed by atoms with van der Waals surface area (Å²) in [5.74, 6) is -4.05. The van der Waals surface area contributed by atoms with Gasteiger partial charge in [0.25, 0.3) is 0 Å². The van der Waals surface area contributed by atoms with Gasteiger partial charge in [-0.2, -0.15) is 13.2 Å². The summed E-state index contributed by atoms with van der Waals surface area (Å²) in [6.45, 7) is 0. The van der Waals surface area contributed by atoms with Crippen LogP contribution in [0.1, 0.15) is 18.0 Å². The number of nitrogens with two attached hydrogens (primary N) is 1. The lowest BCUT2D eigenvalue weighted by Gasteiger charge is -2.15. The smallest absolute Gasteiger partial charge is 0.323 e. The van der Waals surface area contributed by atoms with Gasteiger partial charge in [-0.05, 0) is 0 Å². The van der Waals surface area contributed by atoms with Crippen LogP contribution in [0.15, 0.2) is 12.1 Å². The average Bonchev–Trinajstić information content (AvgIpc) is 1.96. The summed E-state index contributed by atoms with van der Waals surface area (Å²) in [6, 6.07) is -1.32. The highest BCUT2D eigenvalue weighted by Crippen LogP contribution is 2.30. The molecule has 0 aliphatic rings. The highest BCUT2D eigenvalue weighted by atomic mass is 19.4. The predicted octanol–water partition coefficient (Wildman–Crippen LogP) is 3.06. The molecule has 2 N–H and O–H groups in total. The first-order chi connectivity index (χ1) is 7.20. The molecule has 0 aliphatic carbocycles. The van der Waals surface area contributed by atoms with Crippen molar-refractivity contribution < 1.29 is 26.3 Å². The van der Waals surface area contributed by atoms with Crippen molar-refractivity contribution in [3.05, 3.63) is 35.1 Å². The Labute approximate surface area is 86.9 Å². The number of benzene rings is 1. The fourth-order valence-electron chi connectivity index (χ4n) is 1.26. The highest BCUT2D eigenvalue weighted by molar-refractivity contribution is 5.24. The van der Waals surface area contributed by atoms with Crippen LogP contribution in [0.25, 0.3) is 0 Å². The van der Waals surface area contributed by atoms with Crippen LogP contribution in [0.5, 0.6) is 0 Å². The van der Waals surface area contributed by atoms with Crippen LogP contribution >= 0.6 is 0 Å². The maximum atomic E-state index is 13.0. The Morgan fingerprint density at radius 3 is 1.88 bits per heavy atom. The van der Waals surface area contributed by atoms with Gasteiger partial charge in [-0.25, -0.2) is 13.2 Å². The van der Waals surface area contributed by atoms with Gasteiger partial charge in [0, 0.05) is 23.7 Å². The second kappa shape index (κ2) is 4.32. The molecule has 7 heteroatoms. The maximum Gasteiger partial charge on any atom is 0.390 e. The quantitative estimate of drug-likeness (QED) is 0.794. The van der Waals surface area contributed by atoms with Gasteiger partial charge < -0.3 is 5.73 Å². The van der Waals surface area contributed by atoms with E-state index in [9.17, 15) is 26.3 Å². The fraction of sp³-hybridized carbons (Fsp3) is 0.333. The van der Waals surface area contributed by atoms with E-state index in [0.717, 1.165) is 0 Å². The van der Waals surface area contributed by atoms with Gasteiger partial charge in [0.05, 0.1) is 6.42 Å². The van der Waals surface area contributed by atoms with Crippen LogP contribution in [-0.4, -0.2) is 6.18 Å². The SMILES string of the molecule is N[C@@H](CC(F)(F)F)c1c(F)cc(F)cc1F. The van der Waals surface area contributed by atoms with Crippen molar-refractivity contribution in [1.82, 2.24) is 0 Å². The van der Waals surface area contributed by atoms with Crippen LogP contribution in [0, 0.1) is 17.5 Å². The van der Waals surface area contributed by atoms with Crippen molar-refractivity contribution in [1.29, 1.82) is 0 Å². The van der Waals surface area contributed by atoms with Crippen LogP contribution in [-0.2, 0) is 0 Å². The zero-order valence-electron chi connectivity index (χ0n) is 7.78. The summed E-state index contributed by atoms with van der Waals surface area (Å²) in [5.41, 5.74) is 4.05. The molecular formula is C9H7F6N. The van der Waals surface area contributed by atoms with E-state index < -0.39 is 41.7 Å². The number of halogens is 6.